The molecular weight excluding hydrogens is 294 g/mol. The van der Waals surface area contributed by atoms with Crippen molar-refractivity contribution in [3.05, 3.63) is 0 Å². The predicted molar refractivity (Wildman–Crippen MR) is 78.6 cm³/mol. The number of carbonyl (C=O) groups excluding carboxylic acids is 2. The van der Waals surface area contributed by atoms with Gasteiger partial charge >= 0.3 is 6.03 Å². The minimum atomic E-state index is -3.00. The van der Waals surface area contributed by atoms with Crippen molar-refractivity contribution >= 4 is 21.8 Å². The van der Waals surface area contributed by atoms with Crippen molar-refractivity contribution in [1.29, 1.82) is 0 Å². The van der Waals surface area contributed by atoms with Gasteiger partial charge in [0, 0.05) is 12.6 Å². The summed E-state index contributed by atoms with van der Waals surface area (Å²) in [5.41, 5.74) is 0. The summed E-state index contributed by atoms with van der Waals surface area (Å²) in [7, 11) is -3.00. The van der Waals surface area contributed by atoms with E-state index in [0.717, 1.165) is 12.8 Å². The molecule has 1 saturated carbocycles. The van der Waals surface area contributed by atoms with Gasteiger partial charge in [0.1, 0.15) is 0 Å². The fourth-order valence-electron chi connectivity index (χ4n) is 2.86. The Morgan fingerprint density at radius 2 is 1.76 bits per heavy atom. The van der Waals surface area contributed by atoms with Gasteiger partial charge in [-0.15, -0.1) is 0 Å². The Balaban J connectivity index is 1.58. The van der Waals surface area contributed by atoms with Gasteiger partial charge in [-0.1, -0.05) is 12.8 Å². The van der Waals surface area contributed by atoms with Crippen molar-refractivity contribution in [3.8, 4) is 0 Å². The maximum absolute atomic E-state index is 11.6. The Labute approximate surface area is 125 Å². The highest BCUT2D eigenvalue weighted by molar-refractivity contribution is 7.91. The van der Waals surface area contributed by atoms with Gasteiger partial charge < -0.3 is 16.0 Å². The van der Waals surface area contributed by atoms with E-state index < -0.39 is 9.84 Å². The molecule has 0 bridgehead atoms. The van der Waals surface area contributed by atoms with Crippen molar-refractivity contribution < 1.29 is 18.0 Å². The summed E-state index contributed by atoms with van der Waals surface area (Å²) in [4.78, 5) is 23.2. The van der Waals surface area contributed by atoms with Gasteiger partial charge in [-0.3, -0.25) is 4.79 Å². The van der Waals surface area contributed by atoms with Crippen molar-refractivity contribution in [2.24, 2.45) is 5.92 Å². The van der Waals surface area contributed by atoms with Crippen LogP contribution in [0.1, 0.15) is 32.1 Å². The topological polar surface area (TPSA) is 104 Å². The van der Waals surface area contributed by atoms with Crippen LogP contribution < -0.4 is 16.0 Å². The van der Waals surface area contributed by atoms with Gasteiger partial charge in [-0.25, -0.2) is 13.2 Å². The van der Waals surface area contributed by atoms with E-state index in [1.807, 2.05) is 0 Å². The molecule has 1 aliphatic heterocycles. The van der Waals surface area contributed by atoms with Crippen molar-refractivity contribution in [3.63, 3.8) is 0 Å². The molecule has 8 heteroatoms. The minimum absolute atomic E-state index is 0.00732. The molecule has 0 radical (unpaired) electrons. The molecule has 2 rings (SSSR count). The monoisotopic (exact) mass is 317 g/mol. The maximum atomic E-state index is 11.6. The van der Waals surface area contributed by atoms with Gasteiger partial charge in [-0.2, -0.15) is 0 Å². The first-order valence-electron chi connectivity index (χ1n) is 7.46. The lowest BCUT2D eigenvalue weighted by molar-refractivity contribution is -0.120. The molecule has 0 aromatic heterocycles. The average Bonchev–Trinajstić information content (AvgIpc) is 3.03. The molecule has 1 atom stereocenters. The Hall–Kier alpha value is -1.31. The minimum Gasteiger partial charge on any atom is -0.351 e. The zero-order valence-electron chi connectivity index (χ0n) is 12.1. The van der Waals surface area contributed by atoms with E-state index in [2.05, 4.69) is 16.0 Å². The van der Waals surface area contributed by atoms with Gasteiger partial charge in [0.15, 0.2) is 9.84 Å². The van der Waals surface area contributed by atoms with Crippen LogP contribution in [0.5, 0.6) is 0 Å². The Bertz CT molecular complexity index is 486. The molecule has 0 unspecified atom stereocenters. The van der Waals surface area contributed by atoms with Crippen LogP contribution in [0.2, 0.25) is 0 Å². The van der Waals surface area contributed by atoms with Crippen molar-refractivity contribution in [2.75, 3.05) is 24.6 Å². The largest absolute Gasteiger partial charge is 0.351 e. The van der Waals surface area contributed by atoms with Crippen molar-refractivity contribution in [1.82, 2.24) is 16.0 Å². The normalized spacial score (nSPS) is 24.7. The first kappa shape index (κ1) is 16.1. The molecule has 1 saturated heterocycles. The maximum Gasteiger partial charge on any atom is 0.315 e. The summed E-state index contributed by atoms with van der Waals surface area (Å²) in [6.45, 7) is 0.515. The van der Waals surface area contributed by atoms with Crippen LogP contribution in [0, 0.1) is 5.92 Å². The van der Waals surface area contributed by atoms with Gasteiger partial charge in [0.25, 0.3) is 0 Å². The molecule has 3 N–H and O–H groups in total. The second-order valence-corrected chi connectivity index (χ2v) is 8.11. The highest BCUT2D eigenvalue weighted by Gasteiger charge is 2.28. The third-order valence-electron chi connectivity index (χ3n) is 4.03. The highest BCUT2D eigenvalue weighted by atomic mass is 32.2. The average molecular weight is 317 g/mol. The standard InChI is InChI=1S/C13H23N3O4S/c17-12(16-11-5-6-21(19,20)9-11)8-15-13(18)14-7-10-3-1-2-4-10/h10-11H,1-9H2,(H,16,17)(H2,14,15,18)/t11-/m0/s1. The molecule has 0 aromatic rings. The lowest BCUT2D eigenvalue weighted by Crippen LogP contribution is -2.45. The zero-order chi connectivity index (χ0) is 15.3. The first-order valence-corrected chi connectivity index (χ1v) is 9.28. The summed E-state index contributed by atoms with van der Waals surface area (Å²) in [5.74, 6) is 0.307. The Morgan fingerprint density at radius 3 is 2.38 bits per heavy atom. The van der Waals surface area contributed by atoms with Crippen LogP contribution in [-0.2, 0) is 14.6 Å². The molecule has 1 heterocycles. The molecule has 120 valence electrons. The van der Waals surface area contributed by atoms with Crippen LogP contribution in [0.4, 0.5) is 4.79 Å². The van der Waals surface area contributed by atoms with Crippen LogP contribution >= 0.6 is 0 Å². The molecule has 0 aromatic carbocycles. The van der Waals surface area contributed by atoms with Gasteiger partial charge in [0.2, 0.25) is 5.91 Å². The fraction of sp³-hybridized carbons (Fsp3) is 0.846. The summed E-state index contributed by atoms with van der Waals surface area (Å²) < 4.78 is 22.5. The summed E-state index contributed by atoms with van der Waals surface area (Å²) in [6, 6.07) is -0.679. The third-order valence-corrected chi connectivity index (χ3v) is 5.80. The lowest BCUT2D eigenvalue weighted by atomic mass is 10.1. The number of carbonyl (C=O) groups is 2. The van der Waals surface area contributed by atoms with E-state index in [-0.39, 0.29) is 36.0 Å². The van der Waals surface area contributed by atoms with Crippen LogP contribution in [-0.4, -0.2) is 51.0 Å². The van der Waals surface area contributed by atoms with E-state index in [9.17, 15) is 18.0 Å². The first-order chi connectivity index (χ1) is 9.94. The van der Waals surface area contributed by atoms with E-state index in [4.69, 9.17) is 0 Å². The highest BCUT2D eigenvalue weighted by Crippen LogP contribution is 2.23. The molecule has 7 nitrogen and oxygen atoms in total. The summed E-state index contributed by atoms with van der Waals surface area (Å²) in [5, 5.41) is 7.88. The number of hydrogen-bond acceptors (Lipinski definition) is 4. The van der Waals surface area contributed by atoms with Crippen LogP contribution in [0.15, 0.2) is 0 Å². The quantitative estimate of drug-likeness (QED) is 0.652. The van der Waals surface area contributed by atoms with Crippen LogP contribution in [0.25, 0.3) is 0 Å². The molecule has 3 amide bonds. The van der Waals surface area contributed by atoms with Gasteiger partial charge in [-0.05, 0) is 25.2 Å². The molecule has 0 spiro atoms. The summed E-state index contributed by atoms with van der Waals surface area (Å²) >= 11 is 0. The number of hydrogen-bond donors (Lipinski definition) is 3. The molecule has 21 heavy (non-hydrogen) atoms. The smallest absolute Gasteiger partial charge is 0.315 e. The van der Waals surface area contributed by atoms with Crippen molar-refractivity contribution in [2.45, 2.75) is 38.1 Å². The third kappa shape index (κ3) is 5.53. The second kappa shape index (κ2) is 7.11. The predicted octanol–water partition coefficient (Wildman–Crippen LogP) is -0.221. The number of sulfone groups is 1. The van der Waals surface area contributed by atoms with E-state index >= 15 is 0 Å². The fourth-order valence-corrected chi connectivity index (χ4v) is 4.54. The number of rotatable bonds is 5. The molecule has 2 fully saturated rings. The molecule has 2 aliphatic rings. The second-order valence-electron chi connectivity index (χ2n) is 5.88. The van der Waals surface area contributed by atoms with E-state index in [1.54, 1.807) is 0 Å². The lowest BCUT2D eigenvalue weighted by Gasteiger charge is -2.13. The molecular formula is C13H23N3O4S. The number of amides is 3. The van der Waals surface area contributed by atoms with E-state index in [1.165, 1.54) is 12.8 Å². The molecule has 1 aliphatic carbocycles. The summed E-state index contributed by atoms with van der Waals surface area (Å²) in [6.07, 6.45) is 5.19. The zero-order valence-corrected chi connectivity index (χ0v) is 12.9. The SMILES string of the molecule is O=C(CNC(=O)NCC1CCCC1)N[C@H]1CCS(=O)(=O)C1. The number of urea groups is 1. The Morgan fingerprint density at radius 1 is 1.05 bits per heavy atom. The van der Waals surface area contributed by atoms with Crippen LogP contribution in [0.3, 0.4) is 0 Å². The van der Waals surface area contributed by atoms with Gasteiger partial charge in [0.05, 0.1) is 18.1 Å². The number of nitrogens with one attached hydrogen (secondary N) is 3. The van der Waals surface area contributed by atoms with E-state index in [0.29, 0.717) is 18.9 Å². The Kier molecular flexibility index (Phi) is 5.44.